The SMILES string of the molecule is CC(=O)Nc1ccc(-c2ccnc(Nc3ccc(N4CCN(C(=O)[C@H]5CCCN5)CC4)cc3)n2)cc1. The van der Waals surface area contributed by atoms with Crippen LogP contribution in [0.3, 0.4) is 0 Å². The Hall–Kier alpha value is -3.98. The quantitative estimate of drug-likeness (QED) is 0.493. The Morgan fingerprint density at radius 1 is 0.944 bits per heavy atom. The van der Waals surface area contributed by atoms with Crippen molar-refractivity contribution < 1.29 is 9.59 Å². The smallest absolute Gasteiger partial charge is 0.239 e. The zero-order valence-electron chi connectivity index (χ0n) is 20.4. The van der Waals surface area contributed by atoms with E-state index >= 15 is 0 Å². The van der Waals surface area contributed by atoms with E-state index in [1.54, 1.807) is 6.20 Å². The van der Waals surface area contributed by atoms with Crippen molar-refractivity contribution in [2.24, 2.45) is 0 Å². The van der Waals surface area contributed by atoms with Crippen molar-refractivity contribution in [1.29, 1.82) is 0 Å². The van der Waals surface area contributed by atoms with Crippen molar-refractivity contribution in [2.45, 2.75) is 25.8 Å². The highest BCUT2D eigenvalue weighted by Crippen LogP contribution is 2.24. The summed E-state index contributed by atoms with van der Waals surface area (Å²) in [6.45, 7) is 5.60. The van der Waals surface area contributed by atoms with Gasteiger partial charge in [-0.05, 0) is 61.9 Å². The van der Waals surface area contributed by atoms with Crippen LogP contribution in [0.15, 0.2) is 60.8 Å². The molecular formula is C27H31N7O2. The van der Waals surface area contributed by atoms with Gasteiger partial charge in [0.1, 0.15) is 0 Å². The Morgan fingerprint density at radius 2 is 1.67 bits per heavy atom. The van der Waals surface area contributed by atoms with Gasteiger partial charge >= 0.3 is 0 Å². The first-order valence-electron chi connectivity index (χ1n) is 12.4. The van der Waals surface area contributed by atoms with Crippen LogP contribution in [0.2, 0.25) is 0 Å². The molecule has 0 spiro atoms. The lowest BCUT2D eigenvalue weighted by Crippen LogP contribution is -2.53. The van der Waals surface area contributed by atoms with Gasteiger partial charge in [0.15, 0.2) is 0 Å². The molecule has 0 aliphatic carbocycles. The molecule has 3 N–H and O–H groups in total. The molecule has 0 saturated carbocycles. The zero-order chi connectivity index (χ0) is 24.9. The maximum atomic E-state index is 12.6. The number of anilines is 4. The molecule has 3 heterocycles. The van der Waals surface area contributed by atoms with Crippen LogP contribution in [0.5, 0.6) is 0 Å². The number of carbonyl (C=O) groups is 2. The summed E-state index contributed by atoms with van der Waals surface area (Å²) in [5, 5.41) is 9.35. The third-order valence-electron chi connectivity index (χ3n) is 6.59. The summed E-state index contributed by atoms with van der Waals surface area (Å²) in [7, 11) is 0. The third kappa shape index (κ3) is 5.63. The molecule has 2 saturated heterocycles. The fourth-order valence-corrected chi connectivity index (χ4v) is 4.69. The van der Waals surface area contributed by atoms with E-state index in [0.717, 1.165) is 73.9 Å². The fraction of sp³-hybridized carbons (Fsp3) is 0.333. The van der Waals surface area contributed by atoms with Crippen LogP contribution >= 0.6 is 0 Å². The van der Waals surface area contributed by atoms with Gasteiger partial charge < -0.3 is 25.8 Å². The molecule has 2 fully saturated rings. The summed E-state index contributed by atoms with van der Waals surface area (Å²) in [6.07, 6.45) is 3.76. The lowest BCUT2D eigenvalue weighted by atomic mass is 10.1. The summed E-state index contributed by atoms with van der Waals surface area (Å²) >= 11 is 0. The van der Waals surface area contributed by atoms with Crippen LogP contribution in [-0.4, -0.2) is 65.4 Å². The van der Waals surface area contributed by atoms with Crippen molar-refractivity contribution in [1.82, 2.24) is 20.2 Å². The highest BCUT2D eigenvalue weighted by molar-refractivity contribution is 5.89. The van der Waals surface area contributed by atoms with E-state index in [1.165, 1.54) is 6.92 Å². The molecule has 36 heavy (non-hydrogen) atoms. The second-order valence-electron chi connectivity index (χ2n) is 9.16. The molecule has 0 bridgehead atoms. The Balaban J connectivity index is 1.18. The first kappa shape index (κ1) is 23.7. The standard InChI is InChI=1S/C27H31N7O2/c1-19(35)30-21-6-4-20(5-7-21)24-12-14-29-27(32-24)31-22-8-10-23(11-9-22)33-15-17-34(18-16-33)26(36)25-3-2-13-28-25/h4-12,14,25,28H,2-3,13,15-18H2,1H3,(H,30,35)(H,29,31,32)/t25-/m1/s1. The number of hydrogen-bond acceptors (Lipinski definition) is 7. The van der Waals surface area contributed by atoms with Crippen LogP contribution in [0.1, 0.15) is 19.8 Å². The van der Waals surface area contributed by atoms with Gasteiger partial charge in [-0.3, -0.25) is 9.59 Å². The lowest BCUT2D eigenvalue weighted by Gasteiger charge is -2.37. The molecular weight excluding hydrogens is 454 g/mol. The normalized spacial score (nSPS) is 17.6. The molecule has 1 atom stereocenters. The monoisotopic (exact) mass is 485 g/mol. The van der Waals surface area contributed by atoms with Crippen LogP contribution in [-0.2, 0) is 9.59 Å². The number of nitrogens with one attached hydrogen (secondary N) is 3. The first-order chi connectivity index (χ1) is 17.5. The zero-order valence-corrected chi connectivity index (χ0v) is 20.4. The fourth-order valence-electron chi connectivity index (χ4n) is 4.69. The van der Waals surface area contributed by atoms with Gasteiger partial charge in [-0.1, -0.05) is 12.1 Å². The van der Waals surface area contributed by atoms with Gasteiger partial charge in [0.05, 0.1) is 11.7 Å². The number of amides is 2. The van der Waals surface area contributed by atoms with Crippen molar-refractivity contribution in [3.8, 4) is 11.3 Å². The average Bonchev–Trinajstić information content (AvgIpc) is 3.44. The minimum atomic E-state index is -0.100. The highest BCUT2D eigenvalue weighted by Gasteiger charge is 2.29. The molecule has 3 aromatic rings. The lowest BCUT2D eigenvalue weighted by molar-refractivity contribution is -0.133. The van der Waals surface area contributed by atoms with E-state index in [9.17, 15) is 9.59 Å². The molecule has 5 rings (SSSR count). The molecule has 2 aliphatic heterocycles. The first-order valence-corrected chi connectivity index (χ1v) is 12.4. The maximum absolute atomic E-state index is 12.6. The Labute approximate surface area is 210 Å². The van der Waals surface area contributed by atoms with Gasteiger partial charge in [0.25, 0.3) is 0 Å². The molecule has 2 aromatic carbocycles. The minimum absolute atomic E-state index is 0.00531. The van der Waals surface area contributed by atoms with E-state index in [4.69, 9.17) is 0 Å². The second kappa shape index (κ2) is 10.7. The molecule has 2 aliphatic rings. The third-order valence-corrected chi connectivity index (χ3v) is 6.59. The van der Waals surface area contributed by atoms with Crippen LogP contribution < -0.4 is 20.9 Å². The van der Waals surface area contributed by atoms with E-state index in [-0.39, 0.29) is 17.9 Å². The van der Waals surface area contributed by atoms with Crippen LogP contribution in [0, 0.1) is 0 Å². The molecule has 2 amide bonds. The van der Waals surface area contributed by atoms with Crippen LogP contribution in [0.25, 0.3) is 11.3 Å². The Morgan fingerprint density at radius 3 is 2.33 bits per heavy atom. The highest BCUT2D eigenvalue weighted by atomic mass is 16.2. The van der Waals surface area contributed by atoms with E-state index < -0.39 is 0 Å². The van der Waals surface area contributed by atoms with E-state index in [2.05, 4.69) is 43.0 Å². The van der Waals surface area contributed by atoms with Crippen molar-refractivity contribution in [2.75, 3.05) is 48.3 Å². The second-order valence-corrected chi connectivity index (χ2v) is 9.16. The molecule has 0 unspecified atom stereocenters. The minimum Gasteiger partial charge on any atom is -0.368 e. The number of benzene rings is 2. The number of aromatic nitrogens is 2. The molecule has 1 aromatic heterocycles. The number of hydrogen-bond donors (Lipinski definition) is 3. The predicted molar refractivity (Wildman–Crippen MR) is 141 cm³/mol. The summed E-state index contributed by atoms with van der Waals surface area (Å²) in [6, 6.07) is 17.6. The summed E-state index contributed by atoms with van der Waals surface area (Å²) in [5.41, 5.74) is 4.51. The summed E-state index contributed by atoms with van der Waals surface area (Å²) < 4.78 is 0. The predicted octanol–water partition coefficient (Wildman–Crippen LogP) is 3.25. The van der Waals surface area contributed by atoms with E-state index in [0.29, 0.717) is 5.95 Å². The van der Waals surface area contributed by atoms with Gasteiger partial charge in [0, 0.05) is 61.9 Å². The van der Waals surface area contributed by atoms with Gasteiger partial charge in [-0.15, -0.1) is 0 Å². The Kier molecular flexibility index (Phi) is 7.08. The molecule has 9 heteroatoms. The molecule has 9 nitrogen and oxygen atoms in total. The molecule has 186 valence electrons. The number of nitrogens with zero attached hydrogens (tertiary/aromatic N) is 4. The Bertz CT molecular complexity index is 1200. The molecule has 0 radical (unpaired) electrons. The van der Waals surface area contributed by atoms with Crippen molar-refractivity contribution >= 4 is 34.8 Å². The maximum Gasteiger partial charge on any atom is 0.239 e. The summed E-state index contributed by atoms with van der Waals surface area (Å²) in [5.74, 6) is 0.660. The largest absolute Gasteiger partial charge is 0.368 e. The number of carbonyl (C=O) groups excluding carboxylic acids is 2. The topological polar surface area (TPSA) is 102 Å². The van der Waals surface area contributed by atoms with Gasteiger partial charge in [0.2, 0.25) is 17.8 Å². The van der Waals surface area contributed by atoms with Gasteiger partial charge in [-0.25, -0.2) is 9.97 Å². The van der Waals surface area contributed by atoms with Gasteiger partial charge in [-0.2, -0.15) is 0 Å². The summed E-state index contributed by atoms with van der Waals surface area (Å²) in [4.78, 5) is 37.2. The average molecular weight is 486 g/mol. The number of rotatable bonds is 6. The number of piperazine rings is 1. The van der Waals surface area contributed by atoms with Crippen LogP contribution in [0.4, 0.5) is 23.0 Å². The van der Waals surface area contributed by atoms with Crippen molar-refractivity contribution in [3.63, 3.8) is 0 Å². The van der Waals surface area contributed by atoms with E-state index in [1.807, 2.05) is 47.4 Å². The van der Waals surface area contributed by atoms with Crippen molar-refractivity contribution in [3.05, 3.63) is 60.8 Å².